The highest BCUT2D eigenvalue weighted by molar-refractivity contribution is 9.08. The van der Waals surface area contributed by atoms with Gasteiger partial charge in [-0.05, 0) is 0 Å². The molecule has 19 heavy (non-hydrogen) atoms. The molecule has 1 rings (SSSR count). The molecule has 0 bridgehead atoms. The van der Waals surface area contributed by atoms with Crippen molar-refractivity contribution in [1.82, 2.24) is 4.98 Å². The summed E-state index contributed by atoms with van der Waals surface area (Å²) in [5.41, 5.74) is -3.01. The molecule has 0 N–H and O–H groups in total. The Morgan fingerprint density at radius 3 is 2.21 bits per heavy atom. The lowest BCUT2D eigenvalue weighted by Crippen LogP contribution is -2.22. The number of hydrogen-bond donors (Lipinski definition) is 0. The van der Waals surface area contributed by atoms with Crippen molar-refractivity contribution in [1.29, 1.82) is 0 Å². The predicted molar refractivity (Wildman–Crippen MR) is 53.9 cm³/mol. The number of nitrogens with zero attached hydrogens (tertiary/aromatic N) is 1. The van der Waals surface area contributed by atoms with Crippen molar-refractivity contribution in [2.75, 3.05) is 0 Å². The summed E-state index contributed by atoms with van der Waals surface area (Å²) in [7, 11) is 0. The third-order valence-electron chi connectivity index (χ3n) is 1.93. The lowest BCUT2D eigenvalue weighted by Gasteiger charge is -2.18. The van der Waals surface area contributed by atoms with E-state index >= 15 is 0 Å². The minimum absolute atomic E-state index is 0.0171. The van der Waals surface area contributed by atoms with Gasteiger partial charge in [0.05, 0.1) is 6.20 Å². The van der Waals surface area contributed by atoms with E-state index < -0.39 is 40.4 Å². The van der Waals surface area contributed by atoms with Crippen molar-refractivity contribution in [3.63, 3.8) is 0 Å². The van der Waals surface area contributed by atoms with Crippen LogP contribution in [0.3, 0.4) is 0 Å². The molecule has 0 saturated carbocycles. The molecule has 0 atom stereocenters. The van der Waals surface area contributed by atoms with Gasteiger partial charge in [-0.3, -0.25) is 4.79 Å². The van der Waals surface area contributed by atoms with Crippen LogP contribution in [0.5, 0.6) is 5.75 Å². The Labute approximate surface area is 110 Å². The first-order chi connectivity index (χ1) is 8.60. The average Bonchev–Trinajstić information content (AvgIpc) is 2.24. The molecule has 3 nitrogen and oxygen atoms in total. The second kappa shape index (κ2) is 5.35. The number of ether oxygens (including phenoxy) is 1. The monoisotopic (exact) mass is 351 g/mol. The van der Waals surface area contributed by atoms with E-state index in [2.05, 4.69) is 25.7 Å². The molecule has 0 saturated heterocycles. The van der Waals surface area contributed by atoms with Gasteiger partial charge in [0.25, 0.3) is 0 Å². The van der Waals surface area contributed by atoms with E-state index in [4.69, 9.17) is 0 Å². The number of carbonyl (C=O) groups excluding carboxylic acids is 1. The highest BCUT2D eigenvalue weighted by Crippen LogP contribution is 2.41. The third kappa shape index (κ3) is 3.82. The van der Waals surface area contributed by atoms with Crippen LogP contribution in [0, 0.1) is 0 Å². The van der Waals surface area contributed by atoms with E-state index in [9.17, 15) is 31.1 Å². The van der Waals surface area contributed by atoms with Gasteiger partial charge >= 0.3 is 12.5 Å². The Hall–Kier alpha value is -1.32. The molecule has 1 heterocycles. The maximum absolute atomic E-state index is 12.8. The standard InChI is InChI=1S/C9H4BrF6NO2/c10-1-4-5(3-18)17-2-6(19-9(14,15)16)7(4)8(11,12)13/h2-3H,1H2. The van der Waals surface area contributed by atoms with Crippen LogP contribution in [0.2, 0.25) is 0 Å². The first-order valence-corrected chi connectivity index (χ1v) is 5.58. The Bertz CT molecular complexity index is 485. The lowest BCUT2D eigenvalue weighted by molar-refractivity contribution is -0.276. The van der Waals surface area contributed by atoms with Crippen molar-refractivity contribution < 1.29 is 35.9 Å². The van der Waals surface area contributed by atoms with Gasteiger partial charge < -0.3 is 4.74 Å². The zero-order valence-corrected chi connectivity index (χ0v) is 10.4. The lowest BCUT2D eigenvalue weighted by atomic mass is 10.1. The van der Waals surface area contributed by atoms with Gasteiger partial charge in [0.15, 0.2) is 12.0 Å². The summed E-state index contributed by atoms with van der Waals surface area (Å²) in [4.78, 5) is 13.8. The zero-order valence-electron chi connectivity index (χ0n) is 8.77. The van der Waals surface area contributed by atoms with E-state index in [1.54, 1.807) is 0 Å². The molecule has 0 aromatic carbocycles. The van der Waals surface area contributed by atoms with Crippen LogP contribution in [0.15, 0.2) is 6.20 Å². The normalized spacial score (nSPS) is 12.4. The molecule has 0 aliphatic carbocycles. The topological polar surface area (TPSA) is 39.2 Å². The quantitative estimate of drug-likeness (QED) is 0.473. The fourth-order valence-corrected chi connectivity index (χ4v) is 1.86. The molecule has 0 amide bonds. The summed E-state index contributed by atoms with van der Waals surface area (Å²) in [6, 6.07) is 0. The van der Waals surface area contributed by atoms with Gasteiger partial charge in [-0.2, -0.15) is 13.2 Å². The van der Waals surface area contributed by atoms with E-state index in [1.807, 2.05) is 0 Å². The number of carbonyl (C=O) groups is 1. The van der Waals surface area contributed by atoms with Gasteiger partial charge in [0, 0.05) is 10.9 Å². The van der Waals surface area contributed by atoms with Gasteiger partial charge in [0.1, 0.15) is 11.3 Å². The van der Waals surface area contributed by atoms with E-state index in [-0.39, 0.29) is 12.5 Å². The number of pyridine rings is 1. The van der Waals surface area contributed by atoms with Crippen molar-refractivity contribution in [3.05, 3.63) is 23.0 Å². The van der Waals surface area contributed by atoms with Crippen LogP contribution >= 0.6 is 15.9 Å². The molecule has 106 valence electrons. The molecule has 1 aromatic heterocycles. The molecule has 0 radical (unpaired) electrons. The van der Waals surface area contributed by atoms with Crippen LogP contribution in [0.4, 0.5) is 26.3 Å². The minimum atomic E-state index is -5.30. The van der Waals surface area contributed by atoms with Crippen molar-refractivity contribution in [2.45, 2.75) is 17.9 Å². The number of alkyl halides is 7. The van der Waals surface area contributed by atoms with Gasteiger partial charge in [-0.25, -0.2) is 4.98 Å². The highest BCUT2D eigenvalue weighted by Gasteiger charge is 2.42. The van der Waals surface area contributed by atoms with Gasteiger partial charge in [-0.15, -0.1) is 13.2 Å². The second-order valence-electron chi connectivity index (χ2n) is 3.16. The molecular formula is C9H4BrF6NO2. The van der Waals surface area contributed by atoms with E-state index in [0.717, 1.165) is 0 Å². The molecule has 10 heteroatoms. The SMILES string of the molecule is O=Cc1ncc(OC(F)(F)F)c(C(F)(F)F)c1CBr. The Kier molecular flexibility index (Phi) is 4.43. The van der Waals surface area contributed by atoms with E-state index in [0.29, 0.717) is 0 Å². The number of halogens is 7. The third-order valence-corrected chi connectivity index (χ3v) is 2.49. The minimum Gasteiger partial charge on any atom is -0.403 e. The summed E-state index contributed by atoms with van der Waals surface area (Å²) >= 11 is 2.67. The molecule has 1 aromatic rings. The highest BCUT2D eigenvalue weighted by atomic mass is 79.9. The Balaban J connectivity index is 3.52. The second-order valence-corrected chi connectivity index (χ2v) is 3.72. The summed E-state index contributed by atoms with van der Waals surface area (Å²) in [6.45, 7) is 0. The van der Waals surface area contributed by atoms with E-state index in [1.165, 1.54) is 0 Å². The number of rotatable bonds is 3. The van der Waals surface area contributed by atoms with Crippen LogP contribution < -0.4 is 4.74 Å². The smallest absolute Gasteiger partial charge is 0.403 e. The number of hydrogen-bond acceptors (Lipinski definition) is 3. The number of aldehydes is 1. The van der Waals surface area contributed by atoms with Crippen molar-refractivity contribution in [3.8, 4) is 5.75 Å². The van der Waals surface area contributed by atoms with Gasteiger partial charge in [-0.1, -0.05) is 15.9 Å². The maximum atomic E-state index is 12.8. The molecular weight excluding hydrogens is 348 g/mol. The fourth-order valence-electron chi connectivity index (χ4n) is 1.30. The predicted octanol–water partition coefficient (Wildman–Crippen LogP) is 3.71. The maximum Gasteiger partial charge on any atom is 0.573 e. The molecule has 0 unspecified atom stereocenters. The molecule has 0 spiro atoms. The molecule has 0 fully saturated rings. The van der Waals surface area contributed by atoms with Crippen LogP contribution in [0.1, 0.15) is 21.6 Å². The molecule has 0 aliphatic heterocycles. The first kappa shape index (κ1) is 15.7. The summed E-state index contributed by atoms with van der Waals surface area (Å²) in [5.74, 6) is -1.50. The summed E-state index contributed by atoms with van der Waals surface area (Å²) < 4.78 is 77.7. The van der Waals surface area contributed by atoms with Gasteiger partial charge in [0.2, 0.25) is 0 Å². The van der Waals surface area contributed by atoms with Crippen LogP contribution in [-0.2, 0) is 11.5 Å². The van der Waals surface area contributed by atoms with Crippen LogP contribution in [-0.4, -0.2) is 17.6 Å². The average molecular weight is 352 g/mol. The van der Waals surface area contributed by atoms with Crippen molar-refractivity contribution in [2.24, 2.45) is 0 Å². The van der Waals surface area contributed by atoms with Crippen molar-refractivity contribution >= 4 is 22.2 Å². The summed E-state index contributed by atoms with van der Waals surface area (Å²) in [6.07, 6.45) is -10.2. The molecule has 0 aliphatic rings. The Morgan fingerprint density at radius 2 is 1.84 bits per heavy atom. The summed E-state index contributed by atoms with van der Waals surface area (Å²) in [5, 5.41) is -0.502. The van der Waals surface area contributed by atoms with Crippen LogP contribution in [0.25, 0.3) is 0 Å². The number of aromatic nitrogens is 1. The first-order valence-electron chi connectivity index (χ1n) is 4.46. The zero-order chi connectivity index (χ0) is 14.8. The Morgan fingerprint density at radius 1 is 1.26 bits per heavy atom. The largest absolute Gasteiger partial charge is 0.573 e. The fraction of sp³-hybridized carbons (Fsp3) is 0.333.